The number of halogens is 4. The number of hydrogen-bond donors (Lipinski definition) is 0. The van der Waals surface area contributed by atoms with E-state index in [0.29, 0.717) is 6.07 Å². The van der Waals surface area contributed by atoms with Crippen LogP contribution >= 0.6 is 0 Å². The highest BCUT2D eigenvalue weighted by Crippen LogP contribution is 2.32. The molecular formula is C7H3F4O3S-. The predicted molar refractivity (Wildman–Crippen MR) is 39.4 cm³/mol. The number of alkyl halides is 3. The molecule has 0 atom stereocenters. The van der Waals surface area contributed by atoms with Gasteiger partial charge in [0.25, 0.3) is 0 Å². The highest BCUT2D eigenvalue weighted by Gasteiger charge is 2.34. The molecular weight excluding hydrogens is 240 g/mol. The van der Waals surface area contributed by atoms with Gasteiger partial charge in [0.15, 0.2) is 0 Å². The van der Waals surface area contributed by atoms with Crippen molar-refractivity contribution in [2.24, 2.45) is 0 Å². The molecule has 1 aromatic rings. The number of hydrogen-bond acceptors (Lipinski definition) is 3. The lowest BCUT2D eigenvalue weighted by molar-refractivity contribution is -0.140. The molecule has 8 heteroatoms. The molecule has 15 heavy (non-hydrogen) atoms. The molecule has 1 rings (SSSR count). The maximum atomic E-state index is 12.8. The van der Waals surface area contributed by atoms with Crippen molar-refractivity contribution >= 4 is 10.1 Å². The van der Waals surface area contributed by atoms with Crippen LogP contribution < -0.4 is 0 Å². The Balaban J connectivity index is 3.34. The lowest BCUT2D eigenvalue weighted by Gasteiger charge is -2.11. The summed E-state index contributed by atoms with van der Waals surface area (Å²) in [4.78, 5) is -1.03. The van der Waals surface area contributed by atoms with Crippen LogP contribution in [0.1, 0.15) is 5.56 Å². The summed E-state index contributed by atoms with van der Waals surface area (Å²) in [6.45, 7) is 0. The fraction of sp³-hybridized carbons (Fsp3) is 0.143. The largest absolute Gasteiger partial charge is 0.744 e. The molecule has 0 aliphatic heterocycles. The van der Waals surface area contributed by atoms with E-state index in [1.165, 1.54) is 0 Å². The summed E-state index contributed by atoms with van der Waals surface area (Å²) in [6, 6.07) is 0.666. The Labute approximate surface area is 82.1 Å². The second-order valence-corrected chi connectivity index (χ2v) is 3.97. The van der Waals surface area contributed by atoms with Crippen LogP contribution in [0.15, 0.2) is 23.1 Å². The Morgan fingerprint density at radius 1 is 1.20 bits per heavy atom. The Hall–Kier alpha value is -1.15. The molecule has 0 aromatic heterocycles. The van der Waals surface area contributed by atoms with Gasteiger partial charge in [-0.15, -0.1) is 0 Å². The summed E-state index contributed by atoms with van der Waals surface area (Å²) in [5.41, 5.74) is -1.62. The van der Waals surface area contributed by atoms with E-state index in [1.807, 2.05) is 0 Å². The highest BCUT2D eigenvalue weighted by molar-refractivity contribution is 7.85. The van der Waals surface area contributed by atoms with Crippen LogP contribution in [0.4, 0.5) is 17.6 Å². The average Bonchev–Trinajstić information content (AvgIpc) is 1.99. The van der Waals surface area contributed by atoms with E-state index >= 15 is 0 Å². The minimum atomic E-state index is -4.94. The van der Waals surface area contributed by atoms with E-state index in [4.69, 9.17) is 0 Å². The van der Waals surface area contributed by atoms with E-state index in [1.54, 1.807) is 0 Å². The number of benzene rings is 1. The summed E-state index contributed by atoms with van der Waals surface area (Å²) in [5.74, 6) is -1.79. The summed E-state index contributed by atoms with van der Waals surface area (Å²) in [6.07, 6.45) is -4.92. The third kappa shape index (κ3) is 2.66. The standard InChI is InChI=1S/C7H4F4O3S/c8-6-3-4(15(12,13)14)1-2-5(6)7(9,10)11/h1-3H,(H,12,13,14)/p-1. The molecule has 0 radical (unpaired) electrons. The zero-order chi connectivity index (χ0) is 11.9. The van der Waals surface area contributed by atoms with Crippen molar-refractivity contribution < 1.29 is 30.5 Å². The minimum Gasteiger partial charge on any atom is -0.744 e. The van der Waals surface area contributed by atoms with Crippen LogP contribution in [0.25, 0.3) is 0 Å². The molecule has 0 bridgehead atoms. The Morgan fingerprint density at radius 3 is 2.07 bits per heavy atom. The first-order valence-electron chi connectivity index (χ1n) is 3.45. The van der Waals surface area contributed by atoms with Crippen LogP contribution in [0.5, 0.6) is 0 Å². The van der Waals surface area contributed by atoms with Crippen molar-refractivity contribution in [3.63, 3.8) is 0 Å². The zero-order valence-corrected chi connectivity index (χ0v) is 7.69. The maximum Gasteiger partial charge on any atom is 0.419 e. The van der Waals surface area contributed by atoms with Crippen LogP contribution in [0.3, 0.4) is 0 Å². The van der Waals surface area contributed by atoms with E-state index in [-0.39, 0.29) is 12.1 Å². The van der Waals surface area contributed by atoms with Gasteiger partial charge in [0.2, 0.25) is 0 Å². The Morgan fingerprint density at radius 2 is 1.73 bits per heavy atom. The first kappa shape index (κ1) is 11.9. The lowest BCUT2D eigenvalue weighted by Crippen LogP contribution is -2.09. The maximum absolute atomic E-state index is 12.8. The van der Waals surface area contributed by atoms with Crippen molar-refractivity contribution in [1.29, 1.82) is 0 Å². The molecule has 0 heterocycles. The highest BCUT2D eigenvalue weighted by atomic mass is 32.2. The smallest absolute Gasteiger partial charge is 0.419 e. The van der Waals surface area contributed by atoms with Gasteiger partial charge in [-0.1, -0.05) is 0 Å². The topological polar surface area (TPSA) is 57.2 Å². The molecule has 0 saturated heterocycles. The predicted octanol–water partition coefficient (Wildman–Crippen LogP) is 1.75. The zero-order valence-electron chi connectivity index (χ0n) is 6.88. The molecule has 0 fully saturated rings. The molecule has 0 aliphatic carbocycles. The Kier molecular flexibility index (Phi) is 2.75. The summed E-state index contributed by atoms with van der Waals surface area (Å²) >= 11 is 0. The van der Waals surface area contributed by atoms with Crippen LogP contribution in [0, 0.1) is 5.82 Å². The van der Waals surface area contributed by atoms with E-state index in [0.717, 1.165) is 0 Å². The Bertz CT molecular complexity index is 477. The van der Waals surface area contributed by atoms with Gasteiger partial charge >= 0.3 is 6.18 Å². The van der Waals surface area contributed by atoms with E-state index in [2.05, 4.69) is 0 Å². The molecule has 0 amide bonds. The van der Waals surface area contributed by atoms with Gasteiger partial charge in [-0.25, -0.2) is 12.8 Å². The van der Waals surface area contributed by atoms with Gasteiger partial charge < -0.3 is 4.55 Å². The van der Waals surface area contributed by atoms with Gasteiger partial charge in [0, 0.05) is 0 Å². The fourth-order valence-corrected chi connectivity index (χ4v) is 1.36. The van der Waals surface area contributed by atoms with Crippen molar-refractivity contribution in [2.45, 2.75) is 11.1 Å². The third-order valence-electron chi connectivity index (χ3n) is 1.53. The van der Waals surface area contributed by atoms with E-state index in [9.17, 15) is 30.5 Å². The van der Waals surface area contributed by atoms with Crippen LogP contribution in [0.2, 0.25) is 0 Å². The van der Waals surface area contributed by atoms with Crippen molar-refractivity contribution in [1.82, 2.24) is 0 Å². The van der Waals surface area contributed by atoms with Crippen LogP contribution in [-0.2, 0) is 16.3 Å². The summed E-state index contributed by atoms with van der Waals surface area (Å²) < 4.78 is 79.8. The first-order chi connectivity index (χ1) is 6.62. The van der Waals surface area contributed by atoms with Crippen molar-refractivity contribution in [3.8, 4) is 0 Å². The van der Waals surface area contributed by atoms with Crippen molar-refractivity contribution in [2.75, 3.05) is 0 Å². The summed E-state index contributed by atoms with van der Waals surface area (Å²) in [5, 5.41) is 0. The SMILES string of the molecule is O=S(=O)([O-])c1ccc(C(F)(F)F)c(F)c1. The second kappa shape index (κ2) is 3.46. The number of rotatable bonds is 1. The minimum absolute atomic E-state index is 0.0468. The average molecular weight is 243 g/mol. The molecule has 0 spiro atoms. The molecule has 0 aliphatic rings. The van der Waals surface area contributed by atoms with E-state index < -0.39 is 32.6 Å². The van der Waals surface area contributed by atoms with Gasteiger partial charge in [-0.05, 0) is 18.2 Å². The first-order valence-corrected chi connectivity index (χ1v) is 4.86. The monoisotopic (exact) mass is 243 g/mol. The van der Waals surface area contributed by atoms with Crippen molar-refractivity contribution in [3.05, 3.63) is 29.6 Å². The van der Waals surface area contributed by atoms with Gasteiger partial charge in [0.05, 0.1) is 10.5 Å². The molecule has 3 nitrogen and oxygen atoms in total. The molecule has 84 valence electrons. The molecule has 0 unspecified atom stereocenters. The molecule has 1 aromatic carbocycles. The molecule has 0 N–H and O–H groups in total. The van der Waals surface area contributed by atoms with Gasteiger partial charge in [-0.2, -0.15) is 13.2 Å². The van der Waals surface area contributed by atoms with Gasteiger partial charge in [-0.3, -0.25) is 0 Å². The summed E-state index contributed by atoms with van der Waals surface area (Å²) in [7, 11) is -4.94. The molecule has 0 saturated carbocycles. The van der Waals surface area contributed by atoms with Crippen LogP contribution in [-0.4, -0.2) is 13.0 Å². The quantitative estimate of drug-likeness (QED) is 0.557. The fourth-order valence-electron chi connectivity index (χ4n) is 0.881. The third-order valence-corrected chi connectivity index (χ3v) is 2.37. The normalized spacial score (nSPS) is 12.9. The van der Waals surface area contributed by atoms with Gasteiger partial charge in [0.1, 0.15) is 15.9 Å². The second-order valence-electron chi connectivity index (χ2n) is 2.59. The lowest BCUT2D eigenvalue weighted by atomic mass is 10.2.